The van der Waals surface area contributed by atoms with Gasteiger partial charge in [0.2, 0.25) is 5.91 Å². The van der Waals surface area contributed by atoms with Gasteiger partial charge in [-0.2, -0.15) is 0 Å². The fourth-order valence-corrected chi connectivity index (χ4v) is 2.38. The van der Waals surface area contributed by atoms with Crippen LogP contribution in [0.4, 0.5) is 5.69 Å². The summed E-state index contributed by atoms with van der Waals surface area (Å²) in [5.41, 5.74) is 7.36. The first-order valence-electron chi connectivity index (χ1n) is 6.35. The minimum absolute atomic E-state index is 0.117. The molecule has 1 aliphatic heterocycles. The Labute approximate surface area is 112 Å². The summed E-state index contributed by atoms with van der Waals surface area (Å²) < 4.78 is 0. The number of amides is 1. The second-order valence-corrected chi connectivity index (χ2v) is 5.05. The highest BCUT2D eigenvalue weighted by molar-refractivity contribution is 5.96. The van der Waals surface area contributed by atoms with Gasteiger partial charge in [-0.15, -0.1) is 0 Å². The molecule has 0 saturated carbocycles. The molecule has 0 bridgehead atoms. The molecule has 0 saturated heterocycles. The number of hydrogen-bond acceptors (Lipinski definition) is 3. The van der Waals surface area contributed by atoms with Crippen molar-refractivity contribution in [2.24, 2.45) is 11.7 Å². The van der Waals surface area contributed by atoms with Gasteiger partial charge in [-0.1, -0.05) is 18.2 Å². The zero-order valence-corrected chi connectivity index (χ0v) is 10.9. The van der Waals surface area contributed by atoms with Crippen molar-refractivity contribution in [3.05, 3.63) is 29.8 Å². The first-order valence-corrected chi connectivity index (χ1v) is 6.35. The number of rotatable bonds is 3. The Balaban J connectivity index is 2.31. The smallest absolute Gasteiger partial charge is 0.308 e. The summed E-state index contributed by atoms with van der Waals surface area (Å²) in [4.78, 5) is 24.9. The zero-order valence-electron chi connectivity index (χ0n) is 10.9. The topological polar surface area (TPSA) is 83.6 Å². The molecule has 0 spiro atoms. The molecule has 102 valence electrons. The summed E-state index contributed by atoms with van der Waals surface area (Å²) in [5, 5.41) is 9.18. The van der Waals surface area contributed by atoms with Gasteiger partial charge in [-0.25, -0.2) is 0 Å². The van der Waals surface area contributed by atoms with Gasteiger partial charge in [0.15, 0.2) is 0 Å². The van der Waals surface area contributed by atoms with Crippen molar-refractivity contribution in [2.75, 3.05) is 11.4 Å². The van der Waals surface area contributed by atoms with E-state index >= 15 is 0 Å². The van der Waals surface area contributed by atoms with E-state index in [1.807, 2.05) is 24.3 Å². The molecular formula is C14H18N2O3. The van der Waals surface area contributed by atoms with Crippen LogP contribution in [0.3, 0.4) is 0 Å². The standard InChI is InChI=1S/C14H18N2O3/c1-9(15)6-13(17)16-8-11(14(18)19)7-10-4-2-3-5-12(10)16/h2-5,9,11H,6-8,15H2,1H3,(H,18,19). The van der Waals surface area contributed by atoms with Crippen LogP contribution in [0.5, 0.6) is 0 Å². The number of nitrogens with zero attached hydrogens (tertiary/aromatic N) is 1. The van der Waals surface area contributed by atoms with Gasteiger partial charge in [0.1, 0.15) is 0 Å². The van der Waals surface area contributed by atoms with Crippen LogP contribution >= 0.6 is 0 Å². The van der Waals surface area contributed by atoms with Crippen molar-refractivity contribution >= 4 is 17.6 Å². The molecule has 1 heterocycles. The summed E-state index contributed by atoms with van der Waals surface area (Å²) in [6.45, 7) is 1.99. The number of anilines is 1. The normalized spacial score (nSPS) is 19.7. The second kappa shape index (κ2) is 5.40. The number of para-hydroxylation sites is 1. The highest BCUT2D eigenvalue weighted by Crippen LogP contribution is 2.30. The van der Waals surface area contributed by atoms with E-state index in [0.717, 1.165) is 11.3 Å². The van der Waals surface area contributed by atoms with Gasteiger partial charge in [-0.05, 0) is 25.0 Å². The third-order valence-corrected chi connectivity index (χ3v) is 3.30. The Bertz CT molecular complexity index is 499. The van der Waals surface area contributed by atoms with Crippen LogP contribution in [-0.4, -0.2) is 29.6 Å². The maximum atomic E-state index is 12.2. The van der Waals surface area contributed by atoms with E-state index < -0.39 is 11.9 Å². The molecule has 1 amide bonds. The number of benzene rings is 1. The first-order chi connectivity index (χ1) is 8.99. The Morgan fingerprint density at radius 2 is 2.16 bits per heavy atom. The minimum atomic E-state index is -0.867. The van der Waals surface area contributed by atoms with Gasteiger partial charge >= 0.3 is 5.97 Å². The molecule has 1 aromatic rings. The highest BCUT2D eigenvalue weighted by Gasteiger charge is 2.32. The van der Waals surface area contributed by atoms with E-state index in [-0.39, 0.29) is 24.9 Å². The average molecular weight is 262 g/mol. The quantitative estimate of drug-likeness (QED) is 0.851. The van der Waals surface area contributed by atoms with Crippen LogP contribution in [0.15, 0.2) is 24.3 Å². The predicted molar refractivity (Wildman–Crippen MR) is 71.9 cm³/mol. The molecule has 3 N–H and O–H groups in total. The molecule has 2 atom stereocenters. The molecular weight excluding hydrogens is 244 g/mol. The number of aliphatic carboxylic acids is 1. The number of carbonyl (C=O) groups is 2. The van der Waals surface area contributed by atoms with Gasteiger partial charge < -0.3 is 15.7 Å². The summed E-state index contributed by atoms with van der Waals surface area (Å²) in [7, 11) is 0. The SMILES string of the molecule is CC(N)CC(=O)N1CC(C(=O)O)Cc2ccccc21. The maximum absolute atomic E-state index is 12.2. The van der Waals surface area contributed by atoms with Gasteiger partial charge in [0, 0.05) is 24.7 Å². The third kappa shape index (κ3) is 2.93. The number of fused-ring (bicyclic) bond motifs is 1. The Hall–Kier alpha value is -1.88. The van der Waals surface area contributed by atoms with Crippen molar-refractivity contribution in [2.45, 2.75) is 25.8 Å². The number of nitrogens with two attached hydrogens (primary N) is 1. The fraction of sp³-hybridized carbons (Fsp3) is 0.429. The van der Waals surface area contributed by atoms with Crippen LogP contribution in [-0.2, 0) is 16.0 Å². The summed E-state index contributed by atoms with van der Waals surface area (Å²) in [6.07, 6.45) is 0.689. The lowest BCUT2D eigenvalue weighted by atomic mass is 9.92. The van der Waals surface area contributed by atoms with E-state index in [1.165, 1.54) is 0 Å². The predicted octanol–water partition coefficient (Wildman–Crippen LogP) is 1.01. The van der Waals surface area contributed by atoms with Crippen LogP contribution in [0.25, 0.3) is 0 Å². The number of hydrogen-bond donors (Lipinski definition) is 2. The number of carboxylic acid groups (broad SMARTS) is 1. The van der Waals surface area contributed by atoms with Crippen LogP contribution in [0, 0.1) is 5.92 Å². The average Bonchev–Trinajstić information content (AvgIpc) is 2.36. The van der Waals surface area contributed by atoms with Gasteiger partial charge in [-0.3, -0.25) is 9.59 Å². The van der Waals surface area contributed by atoms with E-state index in [9.17, 15) is 14.7 Å². The summed E-state index contributed by atoms with van der Waals surface area (Å²) >= 11 is 0. The Morgan fingerprint density at radius 1 is 1.47 bits per heavy atom. The molecule has 2 rings (SSSR count). The largest absolute Gasteiger partial charge is 0.481 e. The molecule has 0 aromatic heterocycles. The molecule has 2 unspecified atom stereocenters. The van der Waals surface area contributed by atoms with Gasteiger partial charge in [0.25, 0.3) is 0 Å². The van der Waals surface area contributed by atoms with E-state index in [0.29, 0.717) is 6.42 Å². The molecule has 5 nitrogen and oxygen atoms in total. The van der Waals surface area contributed by atoms with Crippen molar-refractivity contribution in [1.82, 2.24) is 0 Å². The van der Waals surface area contributed by atoms with Gasteiger partial charge in [0.05, 0.1) is 5.92 Å². The fourth-order valence-electron chi connectivity index (χ4n) is 2.38. The van der Waals surface area contributed by atoms with Crippen molar-refractivity contribution in [1.29, 1.82) is 0 Å². The molecule has 0 aliphatic carbocycles. The second-order valence-electron chi connectivity index (χ2n) is 5.05. The lowest BCUT2D eigenvalue weighted by molar-refractivity contribution is -0.141. The molecule has 5 heteroatoms. The molecule has 1 aliphatic rings. The summed E-state index contributed by atoms with van der Waals surface area (Å²) in [6, 6.07) is 7.21. The van der Waals surface area contributed by atoms with Crippen LogP contribution in [0.1, 0.15) is 18.9 Å². The lowest BCUT2D eigenvalue weighted by Gasteiger charge is -2.33. The van der Waals surface area contributed by atoms with Crippen molar-refractivity contribution < 1.29 is 14.7 Å². The van der Waals surface area contributed by atoms with E-state index in [4.69, 9.17) is 5.73 Å². The Kier molecular flexibility index (Phi) is 3.85. The molecule has 1 aromatic carbocycles. The van der Waals surface area contributed by atoms with Crippen molar-refractivity contribution in [3.8, 4) is 0 Å². The van der Waals surface area contributed by atoms with E-state index in [1.54, 1.807) is 11.8 Å². The molecule has 19 heavy (non-hydrogen) atoms. The summed E-state index contributed by atoms with van der Waals surface area (Å²) in [5.74, 6) is -1.53. The Morgan fingerprint density at radius 3 is 2.79 bits per heavy atom. The lowest BCUT2D eigenvalue weighted by Crippen LogP contribution is -2.44. The van der Waals surface area contributed by atoms with Crippen molar-refractivity contribution in [3.63, 3.8) is 0 Å². The number of carboxylic acids is 1. The monoisotopic (exact) mass is 262 g/mol. The molecule has 0 fully saturated rings. The van der Waals surface area contributed by atoms with Crippen LogP contribution < -0.4 is 10.6 Å². The first kappa shape index (κ1) is 13.5. The maximum Gasteiger partial charge on any atom is 0.308 e. The highest BCUT2D eigenvalue weighted by atomic mass is 16.4. The van der Waals surface area contributed by atoms with E-state index in [2.05, 4.69) is 0 Å². The minimum Gasteiger partial charge on any atom is -0.481 e. The third-order valence-electron chi connectivity index (χ3n) is 3.30. The van der Waals surface area contributed by atoms with Crippen LogP contribution in [0.2, 0.25) is 0 Å². The molecule has 0 radical (unpaired) electrons. The zero-order chi connectivity index (χ0) is 14.0. The number of carbonyl (C=O) groups excluding carboxylic acids is 1.